The van der Waals surface area contributed by atoms with Crippen molar-refractivity contribution >= 4 is 35.8 Å². The summed E-state index contributed by atoms with van der Waals surface area (Å²) < 4.78 is 1.94. The highest BCUT2D eigenvalue weighted by Gasteiger charge is 2.29. The molecule has 0 atom stereocenters. The van der Waals surface area contributed by atoms with Crippen molar-refractivity contribution in [1.82, 2.24) is 30.2 Å². The van der Waals surface area contributed by atoms with E-state index in [0.29, 0.717) is 11.8 Å². The van der Waals surface area contributed by atoms with Gasteiger partial charge in [0.15, 0.2) is 5.96 Å². The number of carbonyl (C=O) groups excluding carboxylic acids is 1. The first kappa shape index (κ1) is 23.9. The second-order valence-corrected chi connectivity index (χ2v) is 7.70. The molecule has 0 spiro atoms. The fourth-order valence-electron chi connectivity index (χ4n) is 4.06. The number of hydrogen-bond donors (Lipinski definition) is 2. The normalized spacial score (nSPS) is 18.5. The highest BCUT2D eigenvalue weighted by Crippen LogP contribution is 2.26. The molecule has 1 aliphatic heterocycles. The maximum absolute atomic E-state index is 12.5. The molecular formula is C20H36IN7O. The molecule has 1 aromatic rings. The van der Waals surface area contributed by atoms with Crippen LogP contribution in [0, 0.1) is 5.92 Å². The second kappa shape index (κ2) is 13.0. The van der Waals surface area contributed by atoms with Gasteiger partial charge in [-0.3, -0.25) is 19.4 Å². The first-order chi connectivity index (χ1) is 13.8. The Morgan fingerprint density at radius 3 is 2.48 bits per heavy atom. The van der Waals surface area contributed by atoms with E-state index in [4.69, 9.17) is 0 Å². The van der Waals surface area contributed by atoms with E-state index < -0.39 is 0 Å². The van der Waals surface area contributed by atoms with Gasteiger partial charge in [-0.15, -0.1) is 24.0 Å². The molecule has 0 unspecified atom stereocenters. The highest BCUT2D eigenvalue weighted by atomic mass is 127. The van der Waals surface area contributed by atoms with Crippen LogP contribution in [0.25, 0.3) is 0 Å². The van der Waals surface area contributed by atoms with Crippen LogP contribution in [0.3, 0.4) is 0 Å². The van der Waals surface area contributed by atoms with Crippen LogP contribution in [0.15, 0.2) is 23.5 Å². The van der Waals surface area contributed by atoms with Crippen LogP contribution >= 0.6 is 24.0 Å². The number of aliphatic imine (C=N–C) groups is 1. The molecule has 9 heteroatoms. The van der Waals surface area contributed by atoms with Crippen molar-refractivity contribution < 1.29 is 4.79 Å². The fraction of sp³-hybridized carbons (Fsp3) is 0.750. The molecule has 0 bridgehead atoms. The Labute approximate surface area is 191 Å². The topological polar surface area (TPSA) is 77.8 Å². The molecule has 2 fully saturated rings. The summed E-state index contributed by atoms with van der Waals surface area (Å²) in [7, 11) is 1.80. The lowest BCUT2D eigenvalue weighted by molar-refractivity contribution is -0.137. The van der Waals surface area contributed by atoms with Gasteiger partial charge in [-0.05, 0) is 25.3 Å². The average molecular weight is 517 g/mol. The first-order valence-electron chi connectivity index (χ1n) is 10.7. The maximum atomic E-state index is 12.5. The molecule has 1 aromatic heterocycles. The molecule has 29 heavy (non-hydrogen) atoms. The van der Waals surface area contributed by atoms with Gasteiger partial charge in [0.05, 0.1) is 0 Å². The Morgan fingerprint density at radius 2 is 1.83 bits per heavy atom. The molecule has 0 radical (unpaired) electrons. The summed E-state index contributed by atoms with van der Waals surface area (Å²) in [5.74, 6) is 1.54. The zero-order valence-electron chi connectivity index (χ0n) is 17.6. The number of hydrogen-bond acceptors (Lipinski definition) is 4. The summed E-state index contributed by atoms with van der Waals surface area (Å²) in [5.41, 5.74) is 0. The number of rotatable bonds is 8. The average Bonchev–Trinajstić information content (AvgIpc) is 3.44. The van der Waals surface area contributed by atoms with Gasteiger partial charge in [-0.1, -0.05) is 12.8 Å². The van der Waals surface area contributed by atoms with Crippen molar-refractivity contribution in [2.75, 3.05) is 52.9 Å². The zero-order chi connectivity index (χ0) is 19.6. The molecule has 2 N–H and O–H groups in total. The van der Waals surface area contributed by atoms with Crippen molar-refractivity contribution in [3.8, 4) is 0 Å². The monoisotopic (exact) mass is 517 g/mol. The van der Waals surface area contributed by atoms with E-state index in [1.54, 1.807) is 13.2 Å². The molecule has 2 heterocycles. The number of aromatic nitrogens is 2. The predicted molar refractivity (Wildman–Crippen MR) is 127 cm³/mol. The number of nitrogens with one attached hydrogen (secondary N) is 2. The van der Waals surface area contributed by atoms with Crippen LogP contribution in [0.2, 0.25) is 0 Å². The SMILES string of the molecule is CN=C(NCCCn1cccn1)NCCN1CCN(C(=O)C2CCCC2)CC1.I. The lowest BCUT2D eigenvalue weighted by Gasteiger charge is -2.36. The minimum atomic E-state index is 0. The van der Waals surface area contributed by atoms with Gasteiger partial charge in [0.1, 0.15) is 0 Å². The summed E-state index contributed by atoms with van der Waals surface area (Å²) in [6, 6.07) is 1.94. The summed E-state index contributed by atoms with van der Waals surface area (Å²) in [6.45, 7) is 7.27. The minimum absolute atomic E-state index is 0. The van der Waals surface area contributed by atoms with Gasteiger partial charge in [-0.2, -0.15) is 5.10 Å². The molecule has 0 aromatic carbocycles. The summed E-state index contributed by atoms with van der Waals surface area (Å²) in [4.78, 5) is 21.3. The summed E-state index contributed by atoms with van der Waals surface area (Å²) in [6.07, 6.45) is 9.42. The Balaban J connectivity index is 0.00000300. The van der Waals surface area contributed by atoms with Gasteiger partial charge in [0.2, 0.25) is 5.91 Å². The molecule has 8 nitrogen and oxygen atoms in total. The number of guanidine groups is 1. The number of nitrogens with zero attached hydrogens (tertiary/aromatic N) is 5. The van der Waals surface area contributed by atoms with E-state index in [-0.39, 0.29) is 24.0 Å². The maximum Gasteiger partial charge on any atom is 0.225 e. The van der Waals surface area contributed by atoms with Crippen LogP contribution in [0.1, 0.15) is 32.1 Å². The van der Waals surface area contributed by atoms with E-state index in [1.165, 1.54) is 12.8 Å². The van der Waals surface area contributed by atoms with Crippen LogP contribution < -0.4 is 10.6 Å². The van der Waals surface area contributed by atoms with E-state index in [1.807, 2.05) is 16.9 Å². The fourth-order valence-corrected chi connectivity index (χ4v) is 4.06. The Morgan fingerprint density at radius 1 is 1.10 bits per heavy atom. The van der Waals surface area contributed by atoms with Crippen molar-refractivity contribution in [1.29, 1.82) is 0 Å². The van der Waals surface area contributed by atoms with E-state index in [0.717, 1.165) is 77.6 Å². The standard InChI is InChI=1S/C20H35N7O.HI/c1-21-20(22-8-4-11-27-12-5-9-24-27)23-10-13-25-14-16-26(17-15-25)19(28)18-6-2-3-7-18;/h5,9,12,18H,2-4,6-8,10-11,13-17H2,1H3,(H2,21,22,23);1H. The molecule has 2 aliphatic rings. The summed E-state index contributed by atoms with van der Waals surface area (Å²) in [5, 5.41) is 10.9. The number of aryl methyl sites for hydroxylation is 1. The number of amides is 1. The summed E-state index contributed by atoms with van der Waals surface area (Å²) >= 11 is 0. The largest absolute Gasteiger partial charge is 0.356 e. The second-order valence-electron chi connectivity index (χ2n) is 7.70. The van der Waals surface area contributed by atoms with E-state index in [2.05, 4.69) is 30.5 Å². The van der Waals surface area contributed by atoms with Gasteiger partial charge in [-0.25, -0.2) is 0 Å². The smallest absolute Gasteiger partial charge is 0.225 e. The first-order valence-corrected chi connectivity index (χ1v) is 10.7. The predicted octanol–water partition coefficient (Wildman–Crippen LogP) is 1.39. The van der Waals surface area contributed by atoms with Gasteiger partial charge < -0.3 is 15.5 Å². The number of piperazine rings is 1. The molecule has 1 saturated heterocycles. The molecule has 1 aliphatic carbocycles. The van der Waals surface area contributed by atoms with Crippen molar-refractivity contribution in [2.24, 2.45) is 10.9 Å². The minimum Gasteiger partial charge on any atom is -0.356 e. The van der Waals surface area contributed by atoms with Crippen molar-refractivity contribution in [3.05, 3.63) is 18.5 Å². The Hall–Kier alpha value is -1.36. The Kier molecular flexibility index (Phi) is 10.8. The zero-order valence-corrected chi connectivity index (χ0v) is 19.9. The van der Waals surface area contributed by atoms with Crippen molar-refractivity contribution in [3.63, 3.8) is 0 Å². The molecule has 1 saturated carbocycles. The quantitative estimate of drug-likeness (QED) is 0.236. The Bertz CT molecular complexity index is 608. The van der Waals surface area contributed by atoms with Crippen LogP contribution in [-0.4, -0.2) is 84.3 Å². The van der Waals surface area contributed by atoms with E-state index >= 15 is 0 Å². The number of carbonyl (C=O) groups is 1. The third-order valence-corrected chi connectivity index (χ3v) is 5.75. The third kappa shape index (κ3) is 7.76. The molecule has 3 rings (SSSR count). The van der Waals surface area contributed by atoms with Gasteiger partial charge in [0, 0.05) is 77.7 Å². The molecule has 1 amide bonds. The molecular weight excluding hydrogens is 481 g/mol. The van der Waals surface area contributed by atoms with E-state index in [9.17, 15) is 4.79 Å². The van der Waals surface area contributed by atoms with Crippen LogP contribution in [-0.2, 0) is 11.3 Å². The van der Waals surface area contributed by atoms with Crippen LogP contribution in [0.4, 0.5) is 0 Å². The third-order valence-electron chi connectivity index (χ3n) is 5.75. The molecule has 164 valence electrons. The lowest BCUT2D eigenvalue weighted by Crippen LogP contribution is -2.51. The lowest BCUT2D eigenvalue weighted by atomic mass is 10.1. The van der Waals surface area contributed by atoms with Gasteiger partial charge in [0.25, 0.3) is 0 Å². The van der Waals surface area contributed by atoms with Crippen molar-refractivity contribution in [2.45, 2.75) is 38.6 Å². The van der Waals surface area contributed by atoms with Crippen LogP contribution in [0.5, 0.6) is 0 Å². The highest BCUT2D eigenvalue weighted by molar-refractivity contribution is 14.0. The van der Waals surface area contributed by atoms with Gasteiger partial charge >= 0.3 is 0 Å². The number of halogens is 1.